The van der Waals surface area contributed by atoms with Gasteiger partial charge >= 0.3 is 106 Å². The second-order valence-corrected chi connectivity index (χ2v) is 29.2. The van der Waals surface area contributed by atoms with Gasteiger partial charge in [0.25, 0.3) is 0 Å². The van der Waals surface area contributed by atoms with Gasteiger partial charge in [0.05, 0.1) is 19.8 Å². The minimum Gasteiger partial charge on any atom is -0.479 e. The predicted molar refractivity (Wildman–Crippen MR) is 285 cm³/mol. The van der Waals surface area contributed by atoms with Crippen LogP contribution in [0.3, 0.4) is 0 Å². The van der Waals surface area contributed by atoms with Gasteiger partial charge in [0.2, 0.25) is 0 Å². The smallest absolute Gasteiger partial charge is 0.397 e. The lowest BCUT2D eigenvalue weighted by Crippen LogP contribution is -2.70. The summed E-state index contributed by atoms with van der Waals surface area (Å²) in [6, 6.07) is 0. The fraction of sp³-hybridized carbons (Fsp3) is 0.943. The Bertz CT molecular complexity index is 3830. The SMILES string of the molecule is CO[C@@H]1[C@@H](OC)[C@H](O[C@H]2[C@H](OS(=O)(=O)O)[C@@H](OS(=O)(=O)O)[C@@H](O[C@H]3[C@H](OC)[C@@H](OS(=O)(=O)O)[C@H](O[C@H]4[C@H](OS(=O)(=O)O)[C@@H](OS(=O)(=O)O)[C@@H](O)O[C@@H]4COS(=O)(=O)O)O[C@H]3C(=O)O)O[C@@H]2COS(=O)(=O)O)O[C@H](C(=O)O)[C@H]1O[C@H]1O[C@H](COS(=O)(=O)O)[C@@H](OC)[C@H](OC)[C@H]1OS(=O)(=O)O. The number of carboxylic acid groups (broad SMARTS) is 2. The molecule has 0 amide bonds. The van der Waals surface area contributed by atoms with Crippen molar-refractivity contribution in [3.63, 3.8) is 0 Å². The molecule has 0 bridgehead atoms. The zero-order valence-electron chi connectivity index (χ0n) is 49.2. The van der Waals surface area contributed by atoms with Gasteiger partial charge in [-0.2, -0.15) is 75.8 Å². The van der Waals surface area contributed by atoms with Gasteiger partial charge in [0.15, 0.2) is 68.1 Å². The number of aliphatic carboxylic acids is 2. The molecule has 0 saturated carbocycles. The highest BCUT2D eigenvalue weighted by atomic mass is 32.3. The molecule has 5 fully saturated rings. The van der Waals surface area contributed by atoms with E-state index in [-0.39, 0.29) is 0 Å². The maximum absolute atomic E-state index is 13.3. The van der Waals surface area contributed by atoms with Crippen LogP contribution in [0, 0.1) is 0 Å². The van der Waals surface area contributed by atoms with E-state index in [1.807, 2.05) is 0 Å². The van der Waals surface area contributed by atoms with Crippen LogP contribution >= 0.6 is 0 Å². The molecule has 0 aromatic carbocycles. The van der Waals surface area contributed by atoms with Gasteiger partial charge in [-0.05, 0) is 0 Å². The second-order valence-electron chi connectivity index (χ2n) is 19.7. The summed E-state index contributed by atoms with van der Waals surface area (Å²) >= 11 is 0. The van der Waals surface area contributed by atoms with Crippen LogP contribution in [0.2, 0.25) is 0 Å². The number of methoxy groups -OCH3 is 5. The Morgan fingerprint density at radius 2 is 0.515 bits per heavy atom. The topological polar surface area (TPSA) is 796 Å². The Morgan fingerprint density at radius 3 is 0.818 bits per heavy atom. The summed E-state index contributed by atoms with van der Waals surface area (Å²) in [6.07, 6.45) is -69.9. The molecule has 55 nitrogen and oxygen atoms in total. The number of carboxylic acids is 2. The van der Waals surface area contributed by atoms with E-state index in [2.05, 4.69) is 33.5 Å². The van der Waals surface area contributed by atoms with Crippen molar-refractivity contribution >= 4 is 106 Å². The Labute approximate surface area is 557 Å². The van der Waals surface area contributed by atoms with E-state index >= 15 is 0 Å². The van der Waals surface area contributed by atoms with Crippen molar-refractivity contribution < 1.29 is 246 Å². The molecule has 0 aliphatic carbocycles. The van der Waals surface area contributed by atoms with Gasteiger partial charge in [-0.15, -0.1) is 0 Å². The molecule has 0 aromatic rings. The number of ether oxygens (including phenoxy) is 14. The molecule has 5 rings (SSSR count). The number of rotatable bonds is 36. The monoisotopic (exact) mass is 1650 g/mol. The third-order valence-corrected chi connectivity index (χ3v) is 17.4. The molecule has 0 aromatic heterocycles. The van der Waals surface area contributed by atoms with Crippen molar-refractivity contribution in [1.29, 1.82) is 0 Å². The van der Waals surface area contributed by atoms with Crippen LogP contribution in [0.5, 0.6) is 0 Å². The van der Waals surface area contributed by atoms with E-state index in [0.717, 1.165) is 14.2 Å². The average Bonchev–Trinajstić information content (AvgIpc) is 0.768. The molecule has 25 atom stereocenters. The molecule has 99 heavy (non-hydrogen) atoms. The van der Waals surface area contributed by atoms with E-state index < -0.39 is 279 Å². The first kappa shape index (κ1) is 86.8. The number of aliphatic hydroxyl groups excluding tert-OH is 1. The summed E-state index contributed by atoms with van der Waals surface area (Å²) in [5.41, 5.74) is 0. The van der Waals surface area contributed by atoms with Crippen LogP contribution in [-0.4, -0.2) is 353 Å². The van der Waals surface area contributed by atoms with Crippen LogP contribution in [0.1, 0.15) is 0 Å². The summed E-state index contributed by atoms with van der Waals surface area (Å²) in [6.45, 7) is -5.07. The number of aliphatic hydroxyl groups is 1. The summed E-state index contributed by atoms with van der Waals surface area (Å²) in [5, 5.41) is 31.9. The minimum absolute atomic E-state index is 0.403. The number of hydrogen-bond donors (Lipinski definition) is 12. The Hall–Kier alpha value is -2.83. The molecular formula is C35H58O55S9. The average molecular weight is 1650 g/mol. The summed E-state index contributed by atoms with van der Waals surface area (Å²) in [5.74, 6) is -4.78. The van der Waals surface area contributed by atoms with Crippen molar-refractivity contribution in [3.8, 4) is 0 Å². The zero-order valence-corrected chi connectivity index (χ0v) is 56.5. The van der Waals surface area contributed by atoms with Gasteiger partial charge in [-0.25, -0.2) is 47.2 Å². The molecule has 12 N–H and O–H groups in total. The number of carbonyl (C=O) groups is 2. The Morgan fingerprint density at radius 1 is 0.283 bits per heavy atom. The summed E-state index contributed by atoms with van der Waals surface area (Å²) < 4.78 is 424. The molecule has 64 heteroatoms. The molecular weight excluding hydrogens is 1590 g/mol. The summed E-state index contributed by atoms with van der Waals surface area (Å²) in [4.78, 5) is 26.6. The van der Waals surface area contributed by atoms with Crippen molar-refractivity contribution in [1.82, 2.24) is 0 Å². The molecule has 5 heterocycles. The predicted octanol–water partition coefficient (Wildman–Crippen LogP) is -10.0. The van der Waals surface area contributed by atoms with E-state index in [9.17, 15) is 142 Å². The highest BCUT2D eigenvalue weighted by Crippen LogP contribution is 2.41. The quantitative estimate of drug-likeness (QED) is 0.0259. The van der Waals surface area contributed by atoms with Crippen LogP contribution in [0.15, 0.2) is 0 Å². The van der Waals surface area contributed by atoms with Gasteiger partial charge in [-0.3, -0.25) is 41.0 Å². The third-order valence-electron chi connectivity index (χ3n) is 13.3. The standard InChI is InChI=1S/C35H58O55S9/c1-68-12-9(6-73-91(41,42)43)77-33(26(15(12)69-2)88-97(59,60)61)81-18-16(70-3)25(72-5)32(83-22(18)29(36)37)79-14-11(8-75-93(47,48)49)78-34(28(90-99(65,66)67)21(14)86-95(53,54)55)82-19-17(71-4)27(89-98(62,63)64)35(84-23(19)30(38)39)80-13-10(7-74-92(44,45)46)76-31(40)24(87-96(56,57)58)20(13)85-94(50,51)52/h9-28,31-35,40H,6-8H2,1-5H3,(H,36,37)(H,38,39)(H,41,42,43)(H,44,45,46)(H,47,48,49)(H,50,51,52)(H,53,54,55)(H,56,57,58)(H,59,60,61)(H,62,63,64)(H,65,66,67)/t9-,10-,11-,12-,13-,14-,15+,16+,17+,18+,19+,20+,21+,22+,23-,24-,25-,26-,27-,28-,31+,32-,33-,34-,35-/m1/s1. The normalized spacial score (nSPS) is 36.7. The number of hydrogen-bond acceptors (Lipinski definition) is 44. The van der Waals surface area contributed by atoms with E-state index in [0.29, 0.717) is 21.3 Å². The van der Waals surface area contributed by atoms with Crippen LogP contribution in [0.25, 0.3) is 0 Å². The van der Waals surface area contributed by atoms with Crippen LogP contribution in [0.4, 0.5) is 0 Å². The first-order valence-electron chi connectivity index (χ1n) is 25.5. The zero-order chi connectivity index (χ0) is 75.5. The van der Waals surface area contributed by atoms with E-state index in [4.69, 9.17) is 70.5 Å². The first-order chi connectivity index (χ1) is 45.0. The molecule has 5 aliphatic rings. The van der Waals surface area contributed by atoms with Crippen molar-refractivity contribution in [2.45, 2.75) is 154 Å². The molecule has 5 aliphatic heterocycles. The molecule has 0 radical (unpaired) electrons. The lowest BCUT2D eigenvalue weighted by molar-refractivity contribution is -0.385. The maximum Gasteiger partial charge on any atom is 0.397 e. The van der Waals surface area contributed by atoms with Crippen molar-refractivity contribution in [2.24, 2.45) is 0 Å². The van der Waals surface area contributed by atoms with Gasteiger partial charge < -0.3 is 81.6 Å². The Balaban J connectivity index is 1.69. The summed E-state index contributed by atoms with van der Waals surface area (Å²) in [7, 11) is -50.4. The largest absolute Gasteiger partial charge is 0.479 e. The van der Waals surface area contributed by atoms with Crippen LogP contribution in [-0.2, 0) is 207 Å². The molecule has 0 unspecified atom stereocenters. The van der Waals surface area contributed by atoms with E-state index in [1.54, 1.807) is 0 Å². The fourth-order valence-electron chi connectivity index (χ4n) is 10.0. The van der Waals surface area contributed by atoms with Gasteiger partial charge in [0, 0.05) is 35.5 Å². The molecule has 5 saturated heterocycles. The van der Waals surface area contributed by atoms with Crippen molar-refractivity contribution in [2.75, 3.05) is 55.4 Å². The van der Waals surface area contributed by atoms with Crippen molar-refractivity contribution in [3.05, 3.63) is 0 Å². The van der Waals surface area contributed by atoms with Gasteiger partial charge in [-0.1, -0.05) is 0 Å². The molecule has 0 spiro atoms. The van der Waals surface area contributed by atoms with E-state index in [1.165, 1.54) is 0 Å². The molecule has 582 valence electrons. The maximum atomic E-state index is 13.3. The third kappa shape index (κ3) is 25.7. The van der Waals surface area contributed by atoms with Crippen LogP contribution < -0.4 is 0 Å². The highest BCUT2D eigenvalue weighted by Gasteiger charge is 2.63. The lowest BCUT2D eigenvalue weighted by Gasteiger charge is -2.51. The Kier molecular flexibility index (Phi) is 29.6. The second kappa shape index (κ2) is 33.7. The van der Waals surface area contributed by atoms with Gasteiger partial charge in [0.1, 0.15) is 85.5 Å². The fourth-order valence-corrected chi connectivity index (χ4v) is 13.9. The lowest BCUT2D eigenvalue weighted by atomic mass is 9.95. The first-order valence-corrected chi connectivity index (χ1v) is 37.8. The minimum atomic E-state index is -6.39. The highest BCUT2D eigenvalue weighted by molar-refractivity contribution is 7.82.